The summed E-state index contributed by atoms with van der Waals surface area (Å²) < 4.78 is 34.0. The topological polar surface area (TPSA) is 188 Å². The Hall–Kier alpha value is -2.93. The summed E-state index contributed by atoms with van der Waals surface area (Å²) in [5.41, 5.74) is -5.86. The Labute approximate surface area is 476 Å². The van der Waals surface area contributed by atoms with Gasteiger partial charge in [0.1, 0.15) is 12.2 Å². The third-order valence-electron chi connectivity index (χ3n) is 19.9. The second kappa shape index (κ2) is 22.2. The molecule has 6 rings (SSSR count). The fraction of sp³-hybridized carbons (Fsp3) is 0.919. The molecule has 0 radical (unpaired) electrons. The number of ether oxygens (including phenoxy) is 5. The van der Waals surface area contributed by atoms with Crippen LogP contribution < -0.4 is 0 Å². The van der Waals surface area contributed by atoms with Gasteiger partial charge in [-0.3, -0.25) is 38.7 Å². The number of nitrogens with zero attached hydrogens (tertiary/aromatic N) is 5. The van der Waals surface area contributed by atoms with Crippen LogP contribution in [0.4, 0.5) is 0 Å². The second-order valence-electron chi connectivity index (χ2n) is 31.4. The molecule has 0 aromatic heterocycles. The highest BCUT2D eigenvalue weighted by Crippen LogP contribution is 2.48. The molecule has 5 atom stereocenters. The van der Waals surface area contributed by atoms with Gasteiger partial charge in [-0.25, -0.2) is 0 Å². The largest absolute Gasteiger partial charge is 0.458 e. The van der Waals surface area contributed by atoms with Crippen LogP contribution >= 0.6 is 0 Å². The molecule has 5 aliphatic heterocycles. The molecule has 0 aromatic carbocycles. The van der Waals surface area contributed by atoms with E-state index in [0.717, 1.165) is 19.6 Å². The lowest BCUT2D eigenvalue weighted by Crippen LogP contribution is -2.65. The number of likely N-dealkylation sites (tertiary alicyclic amines) is 3. The highest BCUT2D eigenvalue weighted by Gasteiger charge is 2.60. The summed E-state index contributed by atoms with van der Waals surface area (Å²) in [5, 5.41) is 25.2. The van der Waals surface area contributed by atoms with Gasteiger partial charge in [-0.15, -0.1) is 0 Å². The molecule has 2 N–H and O–H groups in total. The highest BCUT2D eigenvalue weighted by molar-refractivity contribution is 5.77. The predicted molar refractivity (Wildman–Crippen MR) is 303 cm³/mol. The van der Waals surface area contributed by atoms with Crippen LogP contribution in [-0.4, -0.2) is 171 Å². The van der Waals surface area contributed by atoms with Crippen LogP contribution in [-0.2, 0) is 47.7 Å². The molecule has 454 valence electrons. The summed E-state index contributed by atoms with van der Waals surface area (Å²) in [6.07, 6.45) is -3.97. The Morgan fingerprint density at radius 1 is 0.316 bits per heavy atom. The van der Waals surface area contributed by atoms with Crippen LogP contribution in [0.15, 0.2) is 0 Å². The molecule has 17 heteroatoms. The van der Waals surface area contributed by atoms with E-state index < -0.39 is 145 Å². The van der Waals surface area contributed by atoms with E-state index in [9.17, 15) is 10.4 Å². The molecule has 5 saturated heterocycles. The molecule has 0 spiro atoms. The first-order valence-corrected chi connectivity index (χ1v) is 30.1. The Morgan fingerprint density at radius 2 is 0.494 bits per heavy atom. The van der Waals surface area contributed by atoms with Crippen molar-refractivity contribution in [1.29, 1.82) is 0 Å². The van der Waals surface area contributed by atoms with Crippen molar-refractivity contribution in [2.45, 2.75) is 316 Å². The SMILES string of the molecule is CCN1C(C)(C)CC(C(=O)OC2CC(OC(=O)C3CC(C)(C)N(O)C(C)(C)C3)C(OC(=O)C3CC(C)(C)N(O)C(C)(C)C3)C(OC(=O)C3CC(C)(C)N(CC)C(C)(C)C3)C2OC(=O)C2CC(C)(C)N(CC)C(C)(C)C2)CC1(C)C. The number of hydrogen-bond acceptors (Lipinski definition) is 17. The molecular formula is C62H109N5O12. The molecule has 0 amide bonds. The van der Waals surface area contributed by atoms with Crippen LogP contribution in [0, 0.1) is 29.6 Å². The van der Waals surface area contributed by atoms with Crippen molar-refractivity contribution in [3.63, 3.8) is 0 Å². The average molecular weight is 1120 g/mol. The maximum Gasteiger partial charge on any atom is 0.309 e. The average Bonchev–Trinajstić information content (AvgIpc) is 3.31. The van der Waals surface area contributed by atoms with Gasteiger partial charge in [0.15, 0.2) is 18.3 Å². The molecule has 79 heavy (non-hydrogen) atoms. The standard InChI is InChI=1S/C62H109N5O12/c1-24-63-53(4,5)28-38(29-54(63,6)7)48(68)75-43-27-44(76-49(69)41-34-59(16,17)66(73)60(18,19)35-41)46(78-51(71)42-36-61(20,21)67(74)62(22,23)37-42)47(79-52(72)40-32-57(12,13)65(26-3)58(14,15)33-40)45(43)77-50(70)39-30-55(8,9)64(25-2)56(10,11)31-39/h38-47,73-74H,24-37H2,1-23H3. The summed E-state index contributed by atoms with van der Waals surface area (Å²) in [5.74, 6) is -6.25. The zero-order valence-corrected chi connectivity index (χ0v) is 53.4. The number of piperidine rings is 5. The zero-order valence-electron chi connectivity index (χ0n) is 53.4. The van der Waals surface area contributed by atoms with E-state index in [1.807, 2.05) is 55.4 Å². The first-order chi connectivity index (χ1) is 35.8. The van der Waals surface area contributed by atoms with Crippen LogP contribution in [0.3, 0.4) is 0 Å². The van der Waals surface area contributed by atoms with E-state index in [4.69, 9.17) is 23.7 Å². The Balaban J connectivity index is 1.53. The van der Waals surface area contributed by atoms with Crippen molar-refractivity contribution in [1.82, 2.24) is 24.8 Å². The number of esters is 5. The van der Waals surface area contributed by atoms with E-state index in [-0.39, 0.29) is 32.1 Å². The number of carbonyl (C=O) groups is 5. The lowest BCUT2D eigenvalue weighted by molar-refractivity contribution is -0.260. The van der Waals surface area contributed by atoms with E-state index in [1.165, 1.54) is 10.1 Å². The maximum absolute atomic E-state index is 15.5. The van der Waals surface area contributed by atoms with Gasteiger partial charge in [0.2, 0.25) is 0 Å². The Kier molecular flexibility index (Phi) is 18.4. The minimum atomic E-state index is -1.61. The van der Waals surface area contributed by atoms with E-state index in [1.54, 1.807) is 0 Å². The molecular weight excluding hydrogens is 1010 g/mol. The fourth-order valence-electron chi connectivity index (χ4n) is 17.8. The first-order valence-electron chi connectivity index (χ1n) is 30.1. The fourth-order valence-corrected chi connectivity index (χ4v) is 17.8. The van der Waals surface area contributed by atoms with Gasteiger partial charge in [-0.2, -0.15) is 10.1 Å². The molecule has 0 aromatic rings. The molecule has 0 bridgehead atoms. The minimum absolute atomic E-state index is 0.210. The van der Waals surface area contributed by atoms with Gasteiger partial charge in [0.05, 0.1) is 29.6 Å². The van der Waals surface area contributed by atoms with Crippen LogP contribution in [0.25, 0.3) is 0 Å². The van der Waals surface area contributed by atoms with Crippen LogP contribution in [0.2, 0.25) is 0 Å². The summed E-state index contributed by atoms with van der Waals surface area (Å²) in [7, 11) is 0. The second-order valence-corrected chi connectivity index (χ2v) is 31.4. The van der Waals surface area contributed by atoms with E-state index >= 15 is 24.0 Å². The van der Waals surface area contributed by atoms with Crippen molar-refractivity contribution >= 4 is 29.8 Å². The summed E-state index contributed by atoms with van der Waals surface area (Å²) in [6.45, 7) is 49.0. The lowest BCUT2D eigenvalue weighted by Gasteiger charge is -2.55. The number of hydroxylamine groups is 4. The molecule has 6 aliphatic rings. The molecule has 1 aliphatic carbocycles. The number of hydrogen-bond donors (Lipinski definition) is 2. The summed E-state index contributed by atoms with van der Waals surface area (Å²) in [6, 6.07) is 0. The maximum atomic E-state index is 15.5. The monoisotopic (exact) mass is 1120 g/mol. The Bertz CT molecular complexity index is 2160. The summed E-state index contributed by atoms with van der Waals surface area (Å²) in [4.78, 5) is 83.5. The van der Waals surface area contributed by atoms with Gasteiger partial charge < -0.3 is 34.1 Å². The molecule has 1 saturated carbocycles. The van der Waals surface area contributed by atoms with E-state index in [2.05, 4.69) is 119 Å². The third-order valence-corrected chi connectivity index (χ3v) is 19.9. The minimum Gasteiger partial charge on any atom is -0.458 e. The lowest BCUT2D eigenvalue weighted by atomic mass is 9.73. The van der Waals surface area contributed by atoms with Gasteiger partial charge in [-0.05, 0) is 222 Å². The van der Waals surface area contributed by atoms with Crippen molar-refractivity contribution in [2.24, 2.45) is 29.6 Å². The van der Waals surface area contributed by atoms with Crippen molar-refractivity contribution in [3.05, 3.63) is 0 Å². The van der Waals surface area contributed by atoms with E-state index in [0.29, 0.717) is 38.5 Å². The number of carbonyl (C=O) groups excluding carboxylic acids is 5. The molecule has 5 heterocycles. The molecule has 5 unspecified atom stereocenters. The van der Waals surface area contributed by atoms with Gasteiger partial charge >= 0.3 is 29.8 Å². The predicted octanol–water partition coefficient (Wildman–Crippen LogP) is 10.1. The Morgan fingerprint density at radius 3 is 0.696 bits per heavy atom. The number of rotatable bonds is 13. The van der Waals surface area contributed by atoms with Crippen LogP contribution in [0.5, 0.6) is 0 Å². The van der Waals surface area contributed by atoms with Crippen molar-refractivity contribution in [2.75, 3.05) is 19.6 Å². The van der Waals surface area contributed by atoms with Crippen molar-refractivity contribution in [3.8, 4) is 0 Å². The van der Waals surface area contributed by atoms with Gasteiger partial charge in [0, 0.05) is 61.8 Å². The van der Waals surface area contributed by atoms with Crippen molar-refractivity contribution < 1.29 is 58.1 Å². The normalized spacial score (nSPS) is 32.3. The van der Waals surface area contributed by atoms with Gasteiger partial charge in [-0.1, -0.05) is 20.8 Å². The first kappa shape index (κ1) is 65.2. The smallest absolute Gasteiger partial charge is 0.309 e. The quantitative estimate of drug-likeness (QED) is 0.131. The third kappa shape index (κ3) is 13.4. The van der Waals surface area contributed by atoms with Crippen LogP contribution in [0.1, 0.15) is 230 Å². The zero-order chi connectivity index (χ0) is 60.0. The highest BCUT2D eigenvalue weighted by atomic mass is 16.6. The summed E-state index contributed by atoms with van der Waals surface area (Å²) >= 11 is 0. The molecule has 17 nitrogen and oxygen atoms in total. The molecule has 6 fully saturated rings. The van der Waals surface area contributed by atoms with Gasteiger partial charge in [0.25, 0.3) is 0 Å².